The minimum atomic E-state index is -0.467. The number of aryl methyl sites for hydroxylation is 2. The molecule has 0 saturated heterocycles. The van der Waals surface area contributed by atoms with Crippen molar-refractivity contribution in [2.75, 3.05) is 0 Å². The van der Waals surface area contributed by atoms with Crippen molar-refractivity contribution in [3.8, 4) is 0 Å². The molecule has 1 heterocycles. The van der Waals surface area contributed by atoms with Crippen LogP contribution in [0.5, 0.6) is 0 Å². The quantitative estimate of drug-likeness (QED) is 0.854. The molecule has 0 spiro atoms. The Morgan fingerprint density at radius 2 is 1.96 bits per heavy atom. The van der Waals surface area contributed by atoms with Crippen LogP contribution < -0.4 is 5.32 Å². The smallest absolute Gasteiger partial charge is 0.271 e. The molecule has 0 fully saturated rings. The summed E-state index contributed by atoms with van der Waals surface area (Å²) >= 11 is 3.44. The summed E-state index contributed by atoms with van der Waals surface area (Å²) in [4.78, 5) is 12.7. The average molecular weight is 382 g/mol. The highest BCUT2D eigenvalue weighted by molar-refractivity contribution is 9.10. The number of amides is 1. The van der Waals surface area contributed by atoms with E-state index in [1.54, 1.807) is 16.8 Å². The zero-order valence-corrected chi connectivity index (χ0v) is 15.4. The molecule has 124 valence electrons. The first kappa shape index (κ1) is 17.7. The number of hydrogen-bond acceptors (Lipinski definition) is 2. The second-order valence-corrected chi connectivity index (χ2v) is 7.00. The SMILES string of the molecule is CCn1nc(C)c(Br)c1C(=O)NC(C)(C)Cc1ccc(F)cc1. The van der Waals surface area contributed by atoms with Crippen molar-refractivity contribution in [3.63, 3.8) is 0 Å². The van der Waals surface area contributed by atoms with Crippen molar-refractivity contribution in [1.29, 1.82) is 0 Å². The Balaban J connectivity index is 2.16. The van der Waals surface area contributed by atoms with E-state index >= 15 is 0 Å². The predicted molar refractivity (Wildman–Crippen MR) is 92.0 cm³/mol. The van der Waals surface area contributed by atoms with E-state index in [-0.39, 0.29) is 11.7 Å². The number of carbonyl (C=O) groups excluding carboxylic acids is 1. The molecule has 2 aromatic rings. The number of benzene rings is 1. The van der Waals surface area contributed by atoms with Gasteiger partial charge in [0.1, 0.15) is 11.5 Å². The van der Waals surface area contributed by atoms with E-state index < -0.39 is 5.54 Å². The Morgan fingerprint density at radius 3 is 2.52 bits per heavy atom. The Morgan fingerprint density at radius 1 is 1.35 bits per heavy atom. The van der Waals surface area contributed by atoms with Crippen LogP contribution in [0.4, 0.5) is 4.39 Å². The van der Waals surface area contributed by atoms with Gasteiger partial charge in [-0.25, -0.2) is 4.39 Å². The summed E-state index contributed by atoms with van der Waals surface area (Å²) in [6.45, 7) is 8.31. The van der Waals surface area contributed by atoms with E-state index in [0.717, 1.165) is 15.7 Å². The molecule has 6 heteroatoms. The zero-order chi connectivity index (χ0) is 17.2. The number of carbonyl (C=O) groups is 1. The van der Waals surface area contributed by atoms with Gasteiger partial charge in [0.15, 0.2) is 0 Å². The second kappa shape index (κ2) is 6.83. The van der Waals surface area contributed by atoms with Crippen LogP contribution in [0.3, 0.4) is 0 Å². The third-order valence-corrected chi connectivity index (χ3v) is 4.53. The standard InChI is InChI=1S/C17H21BrFN3O/c1-5-22-15(14(18)11(2)21-22)16(23)20-17(3,4)10-12-6-8-13(19)9-7-12/h6-9H,5,10H2,1-4H3,(H,20,23). The van der Waals surface area contributed by atoms with Crippen LogP contribution in [-0.2, 0) is 13.0 Å². The van der Waals surface area contributed by atoms with Crippen molar-refractivity contribution in [3.05, 3.63) is 51.5 Å². The first-order valence-electron chi connectivity index (χ1n) is 7.53. The highest BCUT2D eigenvalue weighted by Gasteiger charge is 2.26. The number of rotatable bonds is 5. The number of aromatic nitrogens is 2. The highest BCUT2D eigenvalue weighted by Crippen LogP contribution is 2.22. The van der Waals surface area contributed by atoms with Gasteiger partial charge in [-0.1, -0.05) is 12.1 Å². The lowest BCUT2D eigenvalue weighted by Gasteiger charge is -2.26. The normalized spacial score (nSPS) is 11.6. The monoisotopic (exact) mass is 381 g/mol. The summed E-state index contributed by atoms with van der Waals surface area (Å²) in [6.07, 6.45) is 0.607. The Hall–Kier alpha value is -1.69. The van der Waals surface area contributed by atoms with Gasteiger partial charge in [0.05, 0.1) is 10.2 Å². The van der Waals surface area contributed by atoms with E-state index in [1.165, 1.54) is 12.1 Å². The molecule has 0 radical (unpaired) electrons. The van der Waals surface area contributed by atoms with Crippen LogP contribution in [0.2, 0.25) is 0 Å². The van der Waals surface area contributed by atoms with E-state index in [1.807, 2.05) is 27.7 Å². The minimum absolute atomic E-state index is 0.175. The van der Waals surface area contributed by atoms with Crippen LogP contribution >= 0.6 is 15.9 Å². The van der Waals surface area contributed by atoms with Gasteiger partial charge in [0.2, 0.25) is 0 Å². The molecule has 1 aromatic heterocycles. The summed E-state index contributed by atoms with van der Waals surface area (Å²) in [6, 6.07) is 6.33. The summed E-state index contributed by atoms with van der Waals surface area (Å²) < 4.78 is 15.4. The maximum Gasteiger partial charge on any atom is 0.271 e. The van der Waals surface area contributed by atoms with Crippen LogP contribution in [0.15, 0.2) is 28.7 Å². The molecule has 0 aliphatic heterocycles. The molecular weight excluding hydrogens is 361 g/mol. The van der Waals surface area contributed by atoms with Gasteiger partial charge >= 0.3 is 0 Å². The van der Waals surface area contributed by atoms with Crippen LogP contribution in [0.1, 0.15) is 42.5 Å². The molecule has 4 nitrogen and oxygen atoms in total. The fourth-order valence-electron chi connectivity index (χ4n) is 2.53. The molecule has 0 atom stereocenters. The fraction of sp³-hybridized carbons (Fsp3) is 0.412. The third-order valence-electron chi connectivity index (χ3n) is 3.58. The van der Waals surface area contributed by atoms with E-state index in [0.29, 0.717) is 18.7 Å². The number of nitrogens with zero attached hydrogens (tertiary/aromatic N) is 2. The van der Waals surface area contributed by atoms with E-state index in [9.17, 15) is 9.18 Å². The molecule has 0 unspecified atom stereocenters. The van der Waals surface area contributed by atoms with Gasteiger partial charge in [-0.05, 0) is 67.7 Å². The minimum Gasteiger partial charge on any atom is -0.345 e. The summed E-state index contributed by atoms with van der Waals surface area (Å²) in [5.41, 5.74) is 1.81. The van der Waals surface area contributed by atoms with Crippen molar-refractivity contribution < 1.29 is 9.18 Å². The molecule has 0 aliphatic carbocycles. The molecular formula is C17H21BrFN3O. The van der Waals surface area contributed by atoms with Crippen molar-refractivity contribution in [1.82, 2.24) is 15.1 Å². The lowest BCUT2D eigenvalue weighted by Crippen LogP contribution is -2.45. The van der Waals surface area contributed by atoms with Crippen molar-refractivity contribution in [2.45, 2.75) is 46.2 Å². The third kappa shape index (κ3) is 4.19. The first-order valence-corrected chi connectivity index (χ1v) is 8.32. The fourth-order valence-corrected chi connectivity index (χ4v) is 2.99. The maximum atomic E-state index is 13.0. The van der Waals surface area contributed by atoms with Gasteiger partial charge in [-0.15, -0.1) is 0 Å². The summed E-state index contributed by atoms with van der Waals surface area (Å²) in [5, 5.41) is 7.38. The Bertz CT molecular complexity index is 707. The number of nitrogens with one attached hydrogen (secondary N) is 1. The lowest BCUT2D eigenvalue weighted by atomic mass is 9.94. The Labute approximate surface area is 144 Å². The molecule has 2 rings (SSSR count). The van der Waals surface area contributed by atoms with E-state index in [4.69, 9.17) is 0 Å². The highest BCUT2D eigenvalue weighted by atomic mass is 79.9. The summed E-state index contributed by atoms with van der Waals surface area (Å²) in [7, 11) is 0. The second-order valence-electron chi connectivity index (χ2n) is 6.21. The lowest BCUT2D eigenvalue weighted by molar-refractivity contribution is 0.0901. The van der Waals surface area contributed by atoms with Gasteiger partial charge in [0.25, 0.3) is 5.91 Å². The van der Waals surface area contributed by atoms with Gasteiger partial charge in [0, 0.05) is 12.1 Å². The van der Waals surface area contributed by atoms with Crippen LogP contribution in [0.25, 0.3) is 0 Å². The molecule has 1 aromatic carbocycles. The van der Waals surface area contributed by atoms with Crippen LogP contribution in [-0.4, -0.2) is 21.2 Å². The largest absolute Gasteiger partial charge is 0.345 e. The van der Waals surface area contributed by atoms with Crippen molar-refractivity contribution in [2.24, 2.45) is 0 Å². The van der Waals surface area contributed by atoms with E-state index in [2.05, 4.69) is 26.3 Å². The topological polar surface area (TPSA) is 46.9 Å². The maximum absolute atomic E-state index is 13.0. The van der Waals surface area contributed by atoms with Gasteiger partial charge in [-0.2, -0.15) is 5.10 Å². The molecule has 0 aliphatic rings. The van der Waals surface area contributed by atoms with Crippen LogP contribution in [0, 0.1) is 12.7 Å². The zero-order valence-electron chi connectivity index (χ0n) is 13.8. The average Bonchev–Trinajstić information content (AvgIpc) is 2.76. The number of hydrogen-bond donors (Lipinski definition) is 1. The first-order chi connectivity index (χ1) is 10.7. The van der Waals surface area contributed by atoms with Gasteiger partial charge < -0.3 is 5.32 Å². The molecule has 23 heavy (non-hydrogen) atoms. The molecule has 1 N–H and O–H groups in total. The number of halogens is 2. The predicted octanol–water partition coefficient (Wildman–Crippen LogP) is 3.86. The Kier molecular flexibility index (Phi) is 5.24. The molecule has 0 bridgehead atoms. The van der Waals surface area contributed by atoms with Gasteiger partial charge in [-0.3, -0.25) is 9.48 Å². The van der Waals surface area contributed by atoms with Crippen molar-refractivity contribution >= 4 is 21.8 Å². The molecule has 0 saturated carbocycles. The molecule has 1 amide bonds. The summed E-state index contributed by atoms with van der Waals surface area (Å²) in [5.74, 6) is -0.437.